The fourth-order valence-corrected chi connectivity index (χ4v) is 1.45. The molecule has 0 saturated heterocycles. The summed E-state index contributed by atoms with van der Waals surface area (Å²) >= 11 is 0. The molecule has 1 N–H and O–H groups in total. The summed E-state index contributed by atoms with van der Waals surface area (Å²) in [6.07, 6.45) is 0.858. The first-order valence-electron chi connectivity index (χ1n) is 3.93. The van der Waals surface area contributed by atoms with Gasteiger partial charge in [0, 0.05) is 0 Å². The van der Waals surface area contributed by atoms with Gasteiger partial charge in [0.25, 0.3) is 0 Å². The Kier molecular flexibility index (Phi) is 1.73. The summed E-state index contributed by atoms with van der Waals surface area (Å²) in [6.45, 7) is 0. The zero-order valence-electron chi connectivity index (χ0n) is 6.86. The van der Waals surface area contributed by atoms with Crippen molar-refractivity contribution in [1.29, 1.82) is 0 Å². The summed E-state index contributed by atoms with van der Waals surface area (Å²) in [5.41, 5.74) is 4.06. The summed E-state index contributed by atoms with van der Waals surface area (Å²) in [5.74, 6) is -0.103. The molecule has 1 heterocycles. The van der Waals surface area contributed by atoms with Crippen LogP contribution in [0.5, 0.6) is 0 Å². The Hall–Kier alpha value is -1.84. The largest absolute Gasteiger partial charge is 0.277 e. The van der Waals surface area contributed by atoms with E-state index in [1.54, 1.807) is 6.07 Å². The van der Waals surface area contributed by atoms with E-state index in [0.717, 1.165) is 11.3 Å². The Morgan fingerprint density at radius 1 is 1.38 bits per heavy atom. The second kappa shape index (κ2) is 2.90. The maximum absolute atomic E-state index is 11.3. The summed E-state index contributed by atoms with van der Waals surface area (Å²) in [5, 5.41) is 1.27. The van der Waals surface area contributed by atoms with Gasteiger partial charge < -0.3 is 0 Å². The van der Waals surface area contributed by atoms with Gasteiger partial charge in [-0.1, -0.05) is 18.2 Å². The SMILES string of the molecule is O=CNN1C(=O)Cc2ccccc21. The monoisotopic (exact) mass is 176 g/mol. The van der Waals surface area contributed by atoms with Gasteiger partial charge in [-0.3, -0.25) is 15.0 Å². The van der Waals surface area contributed by atoms with Crippen molar-refractivity contribution < 1.29 is 9.59 Å². The van der Waals surface area contributed by atoms with Crippen molar-refractivity contribution in [3.8, 4) is 0 Å². The van der Waals surface area contributed by atoms with Crippen LogP contribution in [0.3, 0.4) is 0 Å². The maximum atomic E-state index is 11.3. The van der Waals surface area contributed by atoms with E-state index in [-0.39, 0.29) is 5.91 Å². The van der Waals surface area contributed by atoms with Crippen LogP contribution < -0.4 is 10.4 Å². The molecule has 0 bridgehead atoms. The van der Waals surface area contributed by atoms with Crippen LogP contribution in [-0.2, 0) is 16.0 Å². The molecule has 4 heteroatoms. The number of nitrogens with one attached hydrogen (secondary N) is 1. The van der Waals surface area contributed by atoms with Gasteiger partial charge in [-0.15, -0.1) is 0 Å². The number of benzene rings is 1. The fraction of sp³-hybridized carbons (Fsp3) is 0.111. The van der Waals surface area contributed by atoms with Crippen molar-refractivity contribution >= 4 is 18.0 Å². The lowest BCUT2D eigenvalue weighted by molar-refractivity contribution is -0.120. The predicted octanol–water partition coefficient (Wildman–Crippen LogP) is 0.237. The first kappa shape index (κ1) is 7.79. The van der Waals surface area contributed by atoms with Crippen LogP contribution in [0.25, 0.3) is 0 Å². The van der Waals surface area contributed by atoms with Crippen molar-refractivity contribution in [1.82, 2.24) is 5.43 Å². The number of hydrogen-bond donors (Lipinski definition) is 1. The number of rotatable bonds is 2. The minimum absolute atomic E-state index is 0.103. The highest BCUT2D eigenvalue weighted by atomic mass is 16.2. The molecule has 4 nitrogen and oxygen atoms in total. The molecular formula is C9H8N2O2. The van der Waals surface area contributed by atoms with Gasteiger partial charge in [0.1, 0.15) is 0 Å². The molecule has 0 saturated carbocycles. The third-order valence-corrected chi connectivity index (χ3v) is 2.01. The number of anilines is 1. The lowest BCUT2D eigenvalue weighted by atomic mass is 10.2. The average molecular weight is 176 g/mol. The highest BCUT2D eigenvalue weighted by Gasteiger charge is 2.26. The minimum Gasteiger partial charge on any atom is -0.277 e. The van der Waals surface area contributed by atoms with Crippen molar-refractivity contribution in [2.24, 2.45) is 0 Å². The highest BCUT2D eigenvalue weighted by Crippen LogP contribution is 2.26. The maximum Gasteiger partial charge on any atom is 0.250 e. The van der Waals surface area contributed by atoms with Gasteiger partial charge in [0.2, 0.25) is 12.3 Å². The van der Waals surface area contributed by atoms with Crippen LogP contribution >= 0.6 is 0 Å². The smallest absolute Gasteiger partial charge is 0.250 e. The van der Waals surface area contributed by atoms with E-state index in [2.05, 4.69) is 5.43 Å². The van der Waals surface area contributed by atoms with Crippen LogP contribution in [0.15, 0.2) is 24.3 Å². The summed E-state index contributed by atoms with van der Waals surface area (Å²) in [7, 11) is 0. The van der Waals surface area contributed by atoms with Gasteiger partial charge in [0.15, 0.2) is 0 Å². The second-order valence-corrected chi connectivity index (χ2v) is 2.78. The molecular weight excluding hydrogens is 168 g/mol. The molecule has 0 aromatic heterocycles. The number of nitrogens with zero attached hydrogens (tertiary/aromatic N) is 1. The molecule has 0 atom stereocenters. The Bertz CT molecular complexity index is 362. The van der Waals surface area contributed by atoms with Gasteiger partial charge in [-0.25, -0.2) is 5.01 Å². The van der Waals surface area contributed by atoms with Gasteiger partial charge >= 0.3 is 0 Å². The lowest BCUT2D eigenvalue weighted by Crippen LogP contribution is -2.39. The van der Waals surface area contributed by atoms with Gasteiger partial charge in [0.05, 0.1) is 12.1 Å². The van der Waals surface area contributed by atoms with Crippen molar-refractivity contribution in [2.75, 3.05) is 5.01 Å². The Labute approximate surface area is 75.1 Å². The van der Waals surface area contributed by atoms with E-state index < -0.39 is 0 Å². The first-order chi connectivity index (χ1) is 6.33. The molecule has 2 rings (SSSR count). The van der Waals surface area contributed by atoms with Crippen LogP contribution in [-0.4, -0.2) is 12.3 Å². The molecule has 1 aromatic carbocycles. The van der Waals surface area contributed by atoms with Crippen LogP contribution in [0.1, 0.15) is 5.56 Å². The molecule has 0 fully saturated rings. The summed E-state index contributed by atoms with van der Waals surface area (Å²) in [4.78, 5) is 21.5. The Balaban J connectivity index is 2.40. The molecule has 0 aliphatic carbocycles. The van der Waals surface area contributed by atoms with Crippen LogP contribution in [0.4, 0.5) is 5.69 Å². The quantitative estimate of drug-likeness (QED) is 0.656. The number of amides is 2. The van der Waals surface area contributed by atoms with E-state index in [9.17, 15) is 9.59 Å². The predicted molar refractivity (Wildman–Crippen MR) is 46.8 cm³/mol. The van der Waals surface area contributed by atoms with Crippen molar-refractivity contribution in [3.05, 3.63) is 29.8 Å². The topological polar surface area (TPSA) is 49.4 Å². The minimum atomic E-state index is -0.103. The van der Waals surface area contributed by atoms with E-state index in [1.807, 2.05) is 18.2 Å². The highest BCUT2D eigenvalue weighted by molar-refractivity contribution is 6.01. The molecule has 0 unspecified atom stereocenters. The fourth-order valence-electron chi connectivity index (χ4n) is 1.45. The molecule has 13 heavy (non-hydrogen) atoms. The van der Waals surface area contributed by atoms with Crippen molar-refractivity contribution in [2.45, 2.75) is 6.42 Å². The number of hydrogen-bond acceptors (Lipinski definition) is 2. The first-order valence-corrected chi connectivity index (χ1v) is 3.93. The Morgan fingerprint density at radius 3 is 2.92 bits per heavy atom. The average Bonchev–Trinajstić information content (AvgIpc) is 2.44. The third kappa shape index (κ3) is 1.16. The normalized spacial score (nSPS) is 14.2. The number of para-hydroxylation sites is 1. The van der Waals surface area contributed by atoms with Gasteiger partial charge in [-0.05, 0) is 11.6 Å². The zero-order chi connectivity index (χ0) is 9.26. The molecule has 0 radical (unpaired) electrons. The standard InChI is InChI=1S/C9H8N2O2/c12-6-10-11-8-4-2-1-3-7(8)5-9(11)13/h1-4,6H,5H2,(H,10,12). The van der Waals surface area contributed by atoms with Crippen molar-refractivity contribution in [3.63, 3.8) is 0 Å². The number of carbonyl (C=O) groups is 2. The third-order valence-electron chi connectivity index (χ3n) is 2.01. The van der Waals surface area contributed by atoms with E-state index in [0.29, 0.717) is 12.8 Å². The van der Waals surface area contributed by atoms with E-state index >= 15 is 0 Å². The number of hydrazine groups is 1. The van der Waals surface area contributed by atoms with E-state index in [1.165, 1.54) is 5.01 Å². The number of fused-ring (bicyclic) bond motifs is 1. The summed E-state index contributed by atoms with van der Waals surface area (Å²) < 4.78 is 0. The zero-order valence-corrected chi connectivity index (χ0v) is 6.86. The summed E-state index contributed by atoms with van der Waals surface area (Å²) in [6, 6.07) is 7.38. The molecule has 1 aliphatic rings. The number of carbonyl (C=O) groups excluding carboxylic acids is 2. The molecule has 1 aromatic rings. The van der Waals surface area contributed by atoms with Crippen LogP contribution in [0, 0.1) is 0 Å². The molecule has 0 spiro atoms. The molecule has 66 valence electrons. The van der Waals surface area contributed by atoms with Crippen LogP contribution in [0.2, 0.25) is 0 Å². The molecule has 1 aliphatic heterocycles. The Morgan fingerprint density at radius 2 is 2.15 bits per heavy atom. The van der Waals surface area contributed by atoms with E-state index in [4.69, 9.17) is 0 Å². The second-order valence-electron chi connectivity index (χ2n) is 2.78. The molecule has 2 amide bonds. The van der Waals surface area contributed by atoms with Gasteiger partial charge in [-0.2, -0.15) is 0 Å². The lowest BCUT2D eigenvalue weighted by Gasteiger charge is -2.14.